The van der Waals surface area contributed by atoms with Crippen LogP contribution in [-0.4, -0.2) is 17.5 Å². The number of aryl methyl sites for hydroxylation is 1. The molecule has 2 rings (SSSR count). The molecule has 1 aliphatic carbocycles. The van der Waals surface area contributed by atoms with Crippen LogP contribution in [0, 0.1) is 0 Å². The average Bonchev–Trinajstić information content (AvgIpc) is 2.45. The highest BCUT2D eigenvalue weighted by Gasteiger charge is 2.19. The van der Waals surface area contributed by atoms with Crippen LogP contribution in [0.25, 0.3) is 0 Å². The molecule has 15 heavy (non-hydrogen) atoms. The van der Waals surface area contributed by atoms with Gasteiger partial charge in [0.1, 0.15) is 0 Å². The Kier molecular flexibility index (Phi) is 2.80. The average molecular weight is 206 g/mol. The minimum absolute atomic E-state index is 0.0498. The largest absolute Gasteiger partial charge is 0.355 e. The number of nitrogens with zero attached hydrogens (tertiary/aromatic N) is 1. The Morgan fingerprint density at radius 1 is 1.33 bits per heavy atom. The van der Waals surface area contributed by atoms with Crippen molar-refractivity contribution in [2.45, 2.75) is 32.1 Å². The number of aromatic nitrogens is 1. The van der Waals surface area contributed by atoms with Crippen LogP contribution in [0.2, 0.25) is 0 Å². The lowest BCUT2D eigenvalue weighted by Crippen LogP contribution is -2.18. The molecule has 1 aromatic rings. The smallest absolute Gasteiger partial charge is 0.252 e. The van der Waals surface area contributed by atoms with E-state index in [-0.39, 0.29) is 5.91 Å². The summed E-state index contributed by atoms with van der Waals surface area (Å²) in [5, 5.41) is 2.71. The summed E-state index contributed by atoms with van der Waals surface area (Å²) in [4.78, 5) is 11.7. The van der Waals surface area contributed by atoms with Crippen molar-refractivity contribution in [1.82, 2.24) is 9.88 Å². The fraction of sp³-hybridized carbons (Fsp3) is 0.583. The summed E-state index contributed by atoms with van der Waals surface area (Å²) in [6, 6.07) is 0. The van der Waals surface area contributed by atoms with E-state index in [1.165, 1.54) is 30.5 Å². The van der Waals surface area contributed by atoms with Crippen molar-refractivity contribution in [2.75, 3.05) is 7.05 Å². The van der Waals surface area contributed by atoms with Gasteiger partial charge in [0.05, 0.1) is 5.56 Å². The molecule has 0 fully saturated rings. The van der Waals surface area contributed by atoms with Crippen molar-refractivity contribution in [2.24, 2.45) is 7.05 Å². The van der Waals surface area contributed by atoms with Gasteiger partial charge in [0.2, 0.25) is 0 Å². The Hall–Kier alpha value is -1.25. The Morgan fingerprint density at radius 3 is 2.80 bits per heavy atom. The van der Waals surface area contributed by atoms with Crippen molar-refractivity contribution in [3.63, 3.8) is 0 Å². The molecule has 82 valence electrons. The van der Waals surface area contributed by atoms with Gasteiger partial charge in [-0.05, 0) is 31.2 Å². The van der Waals surface area contributed by atoms with Gasteiger partial charge >= 0.3 is 0 Å². The number of hydrogen-bond acceptors (Lipinski definition) is 1. The number of rotatable bonds is 1. The normalized spacial score (nSPS) is 15.6. The topological polar surface area (TPSA) is 34.0 Å². The summed E-state index contributed by atoms with van der Waals surface area (Å²) < 4.78 is 2.12. The Bertz CT molecular complexity index is 379. The second-order valence-electron chi connectivity index (χ2n) is 4.22. The third-order valence-corrected chi connectivity index (χ3v) is 3.23. The van der Waals surface area contributed by atoms with Gasteiger partial charge < -0.3 is 9.88 Å². The maximum Gasteiger partial charge on any atom is 0.252 e. The van der Waals surface area contributed by atoms with Crippen LogP contribution in [0.3, 0.4) is 0 Å². The van der Waals surface area contributed by atoms with E-state index in [0.29, 0.717) is 0 Å². The summed E-state index contributed by atoms with van der Waals surface area (Å²) in [7, 11) is 3.73. The van der Waals surface area contributed by atoms with Gasteiger partial charge in [-0.2, -0.15) is 0 Å². The zero-order valence-electron chi connectivity index (χ0n) is 9.47. The number of carbonyl (C=O) groups is 1. The van der Waals surface area contributed by atoms with Gasteiger partial charge in [0.15, 0.2) is 0 Å². The molecule has 0 spiro atoms. The second kappa shape index (κ2) is 4.09. The molecule has 1 amide bonds. The van der Waals surface area contributed by atoms with Crippen molar-refractivity contribution in [1.29, 1.82) is 0 Å². The fourth-order valence-electron chi connectivity index (χ4n) is 2.43. The third-order valence-electron chi connectivity index (χ3n) is 3.23. The van der Waals surface area contributed by atoms with Crippen molar-refractivity contribution < 1.29 is 4.79 Å². The highest BCUT2D eigenvalue weighted by Crippen LogP contribution is 2.24. The maximum atomic E-state index is 11.7. The molecule has 1 aromatic heterocycles. The number of amides is 1. The molecule has 0 unspecified atom stereocenters. The van der Waals surface area contributed by atoms with Gasteiger partial charge in [-0.15, -0.1) is 0 Å². The molecule has 0 bridgehead atoms. The Labute approximate surface area is 90.5 Å². The minimum atomic E-state index is 0.0498. The molecule has 3 nitrogen and oxygen atoms in total. The zero-order valence-corrected chi connectivity index (χ0v) is 9.47. The van der Waals surface area contributed by atoms with Crippen molar-refractivity contribution >= 4 is 5.91 Å². The summed E-state index contributed by atoms with van der Waals surface area (Å²) in [6.45, 7) is 0. The van der Waals surface area contributed by atoms with Crippen LogP contribution in [0.1, 0.15) is 40.9 Å². The van der Waals surface area contributed by atoms with Crippen LogP contribution >= 0.6 is 0 Å². The SMILES string of the molecule is CNC(=O)c1cn(C)c2c1CCCCC2. The predicted molar refractivity (Wildman–Crippen MR) is 60.1 cm³/mol. The van der Waals surface area contributed by atoms with Gasteiger partial charge in [-0.25, -0.2) is 0 Å². The summed E-state index contributed by atoms with van der Waals surface area (Å²) >= 11 is 0. The number of hydrogen-bond donors (Lipinski definition) is 1. The van der Waals surface area contributed by atoms with E-state index >= 15 is 0 Å². The first-order chi connectivity index (χ1) is 7.24. The lowest BCUT2D eigenvalue weighted by molar-refractivity contribution is 0.0962. The molecule has 0 radical (unpaired) electrons. The van der Waals surface area contributed by atoms with E-state index in [1.54, 1.807) is 7.05 Å². The molecular formula is C12H18N2O. The molecule has 3 heteroatoms. The molecule has 0 atom stereocenters. The monoisotopic (exact) mass is 206 g/mol. The van der Waals surface area contributed by atoms with Gasteiger partial charge in [0.25, 0.3) is 5.91 Å². The quantitative estimate of drug-likeness (QED) is 0.697. The molecule has 1 aliphatic rings. The Balaban J connectivity index is 2.44. The second-order valence-corrected chi connectivity index (χ2v) is 4.22. The van der Waals surface area contributed by atoms with Crippen LogP contribution in [0.15, 0.2) is 6.20 Å². The van der Waals surface area contributed by atoms with E-state index in [4.69, 9.17) is 0 Å². The molecule has 0 saturated carbocycles. The number of nitrogens with one attached hydrogen (secondary N) is 1. The van der Waals surface area contributed by atoms with Crippen LogP contribution < -0.4 is 5.32 Å². The summed E-state index contributed by atoms with van der Waals surface area (Å²) in [5.74, 6) is 0.0498. The molecule has 1 N–H and O–H groups in total. The molecule has 0 aliphatic heterocycles. The van der Waals surface area contributed by atoms with E-state index in [2.05, 4.69) is 9.88 Å². The Morgan fingerprint density at radius 2 is 2.07 bits per heavy atom. The summed E-state index contributed by atoms with van der Waals surface area (Å²) in [5.41, 5.74) is 3.50. The highest BCUT2D eigenvalue weighted by molar-refractivity contribution is 5.95. The summed E-state index contributed by atoms with van der Waals surface area (Å²) in [6.07, 6.45) is 7.87. The van der Waals surface area contributed by atoms with Crippen molar-refractivity contribution in [3.8, 4) is 0 Å². The maximum absolute atomic E-state index is 11.7. The lowest BCUT2D eigenvalue weighted by atomic mass is 10.1. The first-order valence-electron chi connectivity index (χ1n) is 5.63. The van der Waals surface area contributed by atoms with E-state index in [1.807, 2.05) is 13.2 Å². The van der Waals surface area contributed by atoms with Gasteiger partial charge in [0, 0.05) is 26.0 Å². The van der Waals surface area contributed by atoms with E-state index < -0.39 is 0 Å². The third kappa shape index (κ3) is 1.78. The zero-order chi connectivity index (χ0) is 10.8. The van der Waals surface area contributed by atoms with Gasteiger partial charge in [-0.3, -0.25) is 4.79 Å². The highest BCUT2D eigenvalue weighted by atomic mass is 16.1. The first kappa shape index (κ1) is 10.3. The van der Waals surface area contributed by atoms with E-state index in [9.17, 15) is 4.79 Å². The van der Waals surface area contributed by atoms with Crippen LogP contribution in [0.4, 0.5) is 0 Å². The molecule has 0 aromatic carbocycles. The number of carbonyl (C=O) groups excluding carboxylic acids is 1. The standard InChI is InChI=1S/C12H18N2O/c1-13-12(15)10-8-14(2)11-7-5-3-4-6-9(10)11/h8H,3-7H2,1-2H3,(H,13,15). The van der Waals surface area contributed by atoms with E-state index in [0.717, 1.165) is 18.4 Å². The molecular weight excluding hydrogens is 188 g/mol. The number of fused-ring (bicyclic) bond motifs is 1. The molecule has 0 saturated heterocycles. The first-order valence-corrected chi connectivity index (χ1v) is 5.63. The van der Waals surface area contributed by atoms with Crippen LogP contribution in [0.5, 0.6) is 0 Å². The van der Waals surface area contributed by atoms with Crippen LogP contribution in [-0.2, 0) is 19.9 Å². The lowest BCUT2D eigenvalue weighted by Gasteiger charge is -2.03. The molecule has 1 heterocycles. The van der Waals surface area contributed by atoms with Gasteiger partial charge in [-0.1, -0.05) is 6.42 Å². The predicted octanol–water partition coefficient (Wildman–Crippen LogP) is 1.65. The fourth-order valence-corrected chi connectivity index (χ4v) is 2.43. The van der Waals surface area contributed by atoms with Crippen molar-refractivity contribution in [3.05, 3.63) is 23.0 Å². The minimum Gasteiger partial charge on any atom is -0.355 e.